The first-order valence-corrected chi connectivity index (χ1v) is 8.91. The number of amides is 1. The molecule has 1 aliphatic heterocycles. The molecule has 0 spiro atoms. The highest BCUT2D eigenvalue weighted by Gasteiger charge is 2.21. The zero-order valence-electron chi connectivity index (χ0n) is 13.9. The number of carbonyl (C=O) groups excluding carboxylic acids is 1. The van der Waals surface area contributed by atoms with Gasteiger partial charge in [-0.1, -0.05) is 29.8 Å². The number of nitrogens with zero attached hydrogens (tertiary/aromatic N) is 3. The minimum atomic E-state index is 0.178. The van der Waals surface area contributed by atoms with Crippen molar-refractivity contribution in [3.63, 3.8) is 0 Å². The Morgan fingerprint density at radius 3 is 2.40 bits per heavy atom. The zero-order chi connectivity index (χ0) is 17.2. The maximum absolute atomic E-state index is 12.7. The van der Waals surface area contributed by atoms with E-state index in [9.17, 15) is 4.79 Å². The van der Waals surface area contributed by atoms with E-state index in [0.717, 1.165) is 42.4 Å². The Hall–Kier alpha value is -2.46. The van der Waals surface area contributed by atoms with Gasteiger partial charge in [0.2, 0.25) is 5.91 Å². The molecule has 1 fully saturated rings. The zero-order valence-corrected chi connectivity index (χ0v) is 14.7. The number of benzene rings is 2. The molecule has 0 aliphatic carbocycles. The summed E-state index contributed by atoms with van der Waals surface area (Å²) in [4.78, 5) is 16.9. The molecule has 2 aromatic carbocycles. The summed E-state index contributed by atoms with van der Waals surface area (Å²) in [6.45, 7) is 3.59. The number of aromatic nitrogens is 1. The van der Waals surface area contributed by atoms with Gasteiger partial charge in [0, 0.05) is 48.6 Å². The highest BCUT2D eigenvalue weighted by atomic mass is 35.5. The molecule has 128 valence electrons. The van der Waals surface area contributed by atoms with Crippen molar-refractivity contribution in [2.45, 2.75) is 6.54 Å². The number of piperazine rings is 1. The Kier molecular flexibility index (Phi) is 4.36. The van der Waals surface area contributed by atoms with Gasteiger partial charge in [0.15, 0.2) is 0 Å². The molecule has 0 radical (unpaired) electrons. The average Bonchev–Trinajstić information content (AvgIpc) is 3.06. The number of hydrogen-bond donors (Lipinski definition) is 0. The summed E-state index contributed by atoms with van der Waals surface area (Å²) in [6.07, 6.45) is 1.99. The normalized spacial score (nSPS) is 14.9. The number of anilines is 1. The van der Waals surface area contributed by atoms with Crippen LogP contribution in [0, 0.1) is 0 Å². The lowest BCUT2D eigenvalue weighted by Gasteiger charge is -2.36. The first-order valence-electron chi connectivity index (χ1n) is 8.53. The van der Waals surface area contributed by atoms with Crippen LogP contribution in [0.15, 0.2) is 60.8 Å². The lowest BCUT2D eigenvalue weighted by Crippen LogP contribution is -2.49. The second-order valence-corrected chi connectivity index (χ2v) is 6.78. The Bertz CT molecular complexity index is 879. The number of halogens is 1. The van der Waals surface area contributed by atoms with Gasteiger partial charge in [0.1, 0.15) is 6.54 Å². The quantitative estimate of drug-likeness (QED) is 0.719. The number of carbonyl (C=O) groups is 1. The fraction of sp³-hybridized carbons (Fsp3) is 0.250. The molecular weight excluding hydrogens is 334 g/mol. The molecule has 1 aliphatic rings. The van der Waals surface area contributed by atoms with E-state index in [1.54, 1.807) is 0 Å². The van der Waals surface area contributed by atoms with Crippen molar-refractivity contribution in [3.05, 3.63) is 65.8 Å². The molecule has 1 amide bonds. The maximum Gasteiger partial charge on any atom is 0.242 e. The van der Waals surface area contributed by atoms with E-state index in [4.69, 9.17) is 11.6 Å². The lowest BCUT2D eigenvalue weighted by atomic mass is 10.2. The van der Waals surface area contributed by atoms with Crippen LogP contribution in [-0.4, -0.2) is 41.6 Å². The summed E-state index contributed by atoms with van der Waals surface area (Å²) in [5.41, 5.74) is 2.27. The topological polar surface area (TPSA) is 28.5 Å². The van der Waals surface area contributed by atoms with Gasteiger partial charge < -0.3 is 14.4 Å². The van der Waals surface area contributed by atoms with Gasteiger partial charge in [-0.3, -0.25) is 4.79 Å². The fourth-order valence-electron chi connectivity index (χ4n) is 3.39. The number of fused-ring (bicyclic) bond motifs is 1. The molecule has 25 heavy (non-hydrogen) atoms. The third-order valence-corrected chi connectivity index (χ3v) is 5.06. The molecule has 5 heteroatoms. The van der Waals surface area contributed by atoms with Crippen molar-refractivity contribution in [3.8, 4) is 0 Å². The highest BCUT2D eigenvalue weighted by molar-refractivity contribution is 6.30. The largest absolute Gasteiger partial charge is 0.368 e. The first-order chi connectivity index (χ1) is 12.2. The molecular formula is C20H20ClN3O. The van der Waals surface area contributed by atoms with E-state index in [-0.39, 0.29) is 5.91 Å². The van der Waals surface area contributed by atoms with E-state index < -0.39 is 0 Å². The summed E-state index contributed by atoms with van der Waals surface area (Å²) in [5, 5.41) is 1.92. The molecule has 0 unspecified atom stereocenters. The van der Waals surface area contributed by atoms with E-state index >= 15 is 0 Å². The third kappa shape index (κ3) is 3.35. The number of para-hydroxylation sites is 1. The van der Waals surface area contributed by atoms with Crippen molar-refractivity contribution in [1.29, 1.82) is 0 Å². The molecule has 0 atom stereocenters. The van der Waals surface area contributed by atoms with Gasteiger partial charge in [-0.05, 0) is 41.8 Å². The standard InChI is InChI=1S/C20H20ClN3O/c21-17-5-7-18(8-6-17)22-11-13-23(14-12-22)20(25)15-24-10-9-16-3-1-2-4-19(16)24/h1-10H,11-15H2. The minimum Gasteiger partial charge on any atom is -0.368 e. The van der Waals surface area contributed by atoms with Crippen LogP contribution in [-0.2, 0) is 11.3 Å². The van der Waals surface area contributed by atoms with Crippen LogP contribution in [0.3, 0.4) is 0 Å². The van der Waals surface area contributed by atoms with Crippen LogP contribution in [0.2, 0.25) is 5.02 Å². The van der Waals surface area contributed by atoms with Crippen molar-refractivity contribution in [2.24, 2.45) is 0 Å². The van der Waals surface area contributed by atoms with Crippen LogP contribution < -0.4 is 4.90 Å². The number of rotatable bonds is 3. The predicted molar refractivity (Wildman–Crippen MR) is 102 cm³/mol. The Morgan fingerprint density at radius 2 is 1.64 bits per heavy atom. The van der Waals surface area contributed by atoms with Crippen LogP contribution in [0.4, 0.5) is 5.69 Å². The third-order valence-electron chi connectivity index (χ3n) is 4.81. The van der Waals surface area contributed by atoms with Gasteiger partial charge >= 0.3 is 0 Å². The Balaban J connectivity index is 1.39. The molecule has 0 saturated carbocycles. The first kappa shape index (κ1) is 16.0. The van der Waals surface area contributed by atoms with Gasteiger partial charge in [-0.2, -0.15) is 0 Å². The molecule has 4 nitrogen and oxygen atoms in total. The van der Waals surface area contributed by atoms with Crippen LogP contribution in [0.1, 0.15) is 0 Å². The molecule has 4 rings (SSSR count). The SMILES string of the molecule is O=C(Cn1ccc2ccccc21)N1CCN(c2ccc(Cl)cc2)CC1. The molecule has 0 N–H and O–H groups in total. The Labute approximate surface area is 152 Å². The lowest BCUT2D eigenvalue weighted by molar-refractivity contribution is -0.132. The van der Waals surface area contributed by atoms with Crippen LogP contribution in [0.5, 0.6) is 0 Å². The number of hydrogen-bond acceptors (Lipinski definition) is 2. The van der Waals surface area contributed by atoms with E-state index in [1.807, 2.05) is 52.1 Å². The van der Waals surface area contributed by atoms with Crippen molar-refractivity contribution in [2.75, 3.05) is 31.1 Å². The van der Waals surface area contributed by atoms with Gasteiger partial charge in [-0.15, -0.1) is 0 Å². The van der Waals surface area contributed by atoms with E-state index in [2.05, 4.69) is 23.1 Å². The summed E-state index contributed by atoms with van der Waals surface area (Å²) in [7, 11) is 0. The van der Waals surface area contributed by atoms with Crippen LogP contribution >= 0.6 is 11.6 Å². The predicted octanol–water partition coefficient (Wildman–Crippen LogP) is 3.64. The smallest absolute Gasteiger partial charge is 0.242 e. The highest BCUT2D eigenvalue weighted by Crippen LogP contribution is 2.20. The molecule has 2 heterocycles. The summed E-state index contributed by atoms with van der Waals surface area (Å²) < 4.78 is 2.03. The minimum absolute atomic E-state index is 0.178. The van der Waals surface area contributed by atoms with Crippen LogP contribution in [0.25, 0.3) is 10.9 Å². The maximum atomic E-state index is 12.7. The second-order valence-electron chi connectivity index (χ2n) is 6.35. The Morgan fingerprint density at radius 1 is 0.920 bits per heavy atom. The summed E-state index contributed by atoms with van der Waals surface area (Å²) in [5.74, 6) is 0.178. The van der Waals surface area contributed by atoms with Crippen molar-refractivity contribution in [1.82, 2.24) is 9.47 Å². The molecule has 1 aromatic heterocycles. The molecule has 0 bridgehead atoms. The van der Waals surface area contributed by atoms with Gasteiger partial charge in [-0.25, -0.2) is 0 Å². The monoisotopic (exact) mass is 353 g/mol. The average molecular weight is 354 g/mol. The van der Waals surface area contributed by atoms with Gasteiger partial charge in [0.05, 0.1) is 0 Å². The van der Waals surface area contributed by atoms with E-state index in [0.29, 0.717) is 6.54 Å². The van der Waals surface area contributed by atoms with Crippen molar-refractivity contribution >= 4 is 34.1 Å². The summed E-state index contributed by atoms with van der Waals surface area (Å²) >= 11 is 5.95. The van der Waals surface area contributed by atoms with E-state index in [1.165, 1.54) is 5.39 Å². The molecule has 1 saturated heterocycles. The molecule has 3 aromatic rings. The van der Waals surface area contributed by atoms with Crippen molar-refractivity contribution < 1.29 is 4.79 Å². The van der Waals surface area contributed by atoms with Gasteiger partial charge in [0.25, 0.3) is 0 Å². The fourth-order valence-corrected chi connectivity index (χ4v) is 3.52. The summed E-state index contributed by atoms with van der Waals surface area (Å²) in [6, 6.07) is 18.1. The second kappa shape index (κ2) is 6.81.